The lowest BCUT2D eigenvalue weighted by Gasteiger charge is -2.31. The molecule has 0 aliphatic heterocycles. The third-order valence-electron chi connectivity index (χ3n) is 5.52. The van der Waals surface area contributed by atoms with Gasteiger partial charge >= 0.3 is 0 Å². The molecule has 178 valence electrons. The lowest BCUT2D eigenvalue weighted by molar-refractivity contribution is -0.142. The summed E-state index contributed by atoms with van der Waals surface area (Å²) in [4.78, 5) is 28.2. The molecule has 0 aromatic heterocycles. The van der Waals surface area contributed by atoms with Crippen molar-refractivity contribution in [2.45, 2.75) is 32.9 Å². The van der Waals surface area contributed by atoms with Crippen molar-refractivity contribution in [2.24, 2.45) is 0 Å². The van der Waals surface area contributed by atoms with E-state index in [4.69, 9.17) is 9.47 Å². The minimum absolute atomic E-state index is 0.178. The Kier molecular flexibility index (Phi) is 9.09. The molecule has 0 spiro atoms. The van der Waals surface area contributed by atoms with Crippen LogP contribution in [0.1, 0.15) is 23.6 Å². The topological polar surface area (TPSA) is 67.9 Å². The first-order valence-electron chi connectivity index (χ1n) is 11.4. The SMILES string of the molecule is CCNC(=O)[C@@H](Cc1ccccc1)N(Cc1ccc(C)cc1)C(=O)COc1ccc(OC)cc1. The van der Waals surface area contributed by atoms with E-state index in [2.05, 4.69) is 5.32 Å². The molecule has 0 aliphatic carbocycles. The second-order valence-electron chi connectivity index (χ2n) is 8.07. The minimum atomic E-state index is -0.671. The van der Waals surface area contributed by atoms with Crippen LogP contribution in [0.3, 0.4) is 0 Å². The molecule has 3 rings (SSSR count). The van der Waals surface area contributed by atoms with Gasteiger partial charge in [0.1, 0.15) is 17.5 Å². The first-order chi connectivity index (χ1) is 16.5. The summed E-state index contributed by atoms with van der Waals surface area (Å²) in [5, 5.41) is 2.90. The highest BCUT2D eigenvalue weighted by Crippen LogP contribution is 2.19. The van der Waals surface area contributed by atoms with Crippen molar-refractivity contribution in [2.75, 3.05) is 20.3 Å². The molecule has 6 heteroatoms. The van der Waals surface area contributed by atoms with Crippen LogP contribution >= 0.6 is 0 Å². The highest BCUT2D eigenvalue weighted by Gasteiger charge is 2.30. The van der Waals surface area contributed by atoms with E-state index in [-0.39, 0.29) is 18.4 Å². The number of likely N-dealkylation sites (N-methyl/N-ethyl adjacent to an activating group) is 1. The average Bonchev–Trinajstić information content (AvgIpc) is 2.87. The number of carbonyl (C=O) groups excluding carboxylic acids is 2. The predicted octanol–water partition coefficient (Wildman–Crippen LogP) is 4.16. The Bertz CT molecular complexity index is 1050. The fourth-order valence-corrected chi connectivity index (χ4v) is 3.64. The van der Waals surface area contributed by atoms with Gasteiger partial charge in [0.2, 0.25) is 5.91 Å². The largest absolute Gasteiger partial charge is 0.497 e. The Morgan fingerprint density at radius 2 is 1.53 bits per heavy atom. The molecule has 1 atom stereocenters. The van der Waals surface area contributed by atoms with Crippen molar-refractivity contribution in [3.63, 3.8) is 0 Å². The van der Waals surface area contributed by atoms with Crippen LogP contribution in [0.15, 0.2) is 78.9 Å². The summed E-state index contributed by atoms with van der Waals surface area (Å²) in [5.74, 6) is 0.820. The monoisotopic (exact) mass is 460 g/mol. The average molecular weight is 461 g/mol. The molecule has 0 aliphatic rings. The van der Waals surface area contributed by atoms with E-state index in [1.165, 1.54) is 0 Å². The molecule has 0 bridgehead atoms. The molecule has 0 unspecified atom stereocenters. The summed E-state index contributed by atoms with van der Waals surface area (Å²) in [6.45, 7) is 4.50. The second-order valence-corrected chi connectivity index (χ2v) is 8.07. The number of amides is 2. The van der Waals surface area contributed by atoms with E-state index in [0.717, 1.165) is 16.7 Å². The van der Waals surface area contributed by atoms with E-state index in [1.807, 2.05) is 68.4 Å². The van der Waals surface area contributed by atoms with Gasteiger partial charge in [0.15, 0.2) is 6.61 Å². The smallest absolute Gasteiger partial charge is 0.261 e. The molecule has 3 aromatic rings. The molecule has 1 N–H and O–H groups in total. The van der Waals surface area contributed by atoms with Gasteiger partial charge in [-0.3, -0.25) is 9.59 Å². The molecular weight excluding hydrogens is 428 g/mol. The van der Waals surface area contributed by atoms with Gasteiger partial charge in [0, 0.05) is 19.5 Å². The molecule has 34 heavy (non-hydrogen) atoms. The minimum Gasteiger partial charge on any atom is -0.497 e. The lowest BCUT2D eigenvalue weighted by Crippen LogP contribution is -2.51. The van der Waals surface area contributed by atoms with Crippen LogP contribution in [0.2, 0.25) is 0 Å². The van der Waals surface area contributed by atoms with Crippen molar-refractivity contribution in [3.8, 4) is 11.5 Å². The van der Waals surface area contributed by atoms with Crippen LogP contribution in [0.4, 0.5) is 0 Å². The summed E-state index contributed by atoms with van der Waals surface area (Å²) in [6, 6.07) is 24.1. The maximum atomic E-state index is 13.4. The number of carbonyl (C=O) groups is 2. The maximum Gasteiger partial charge on any atom is 0.261 e. The number of methoxy groups -OCH3 is 1. The normalized spacial score (nSPS) is 11.4. The number of nitrogens with one attached hydrogen (secondary N) is 1. The summed E-state index contributed by atoms with van der Waals surface area (Å²) >= 11 is 0. The Morgan fingerprint density at radius 1 is 0.882 bits per heavy atom. The summed E-state index contributed by atoms with van der Waals surface area (Å²) in [7, 11) is 1.59. The van der Waals surface area contributed by atoms with Crippen molar-refractivity contribution in [1.82, 2.24) is 10.2 Å². The van der Waals surface area contributed by atoms with Gasteiger partial charge in [0.05, 0.1) is 7.11 Å². The zero-order valence-corrected chi connectivity index (χ0v) is 20.0. The maximum absolute atomic E-state index is 13.4. The third-order valence-corrected chi connectivity index (χ3v) is 5.52. The molecule has 0 saturated heterocycles. The lowest BCUT2D eigenvalue weighted by atomic mass is 10.0. The number of ether oxygens (including phenoxy) is 2. The van der Waals surface area contributed by atoms with E-state index >= 15 is 0 Å². The Labute approximate surface area is 201 Å². The van der Waals surface area contributed by atoms with Crippen LogP contribution in [-0.4, -0.2) is 43.0 Å². The van der Waals surface area contributed by atoms with Gasteiger partial charge in [0.25, 0.3) is 5.91 Å². The molecule has 0 fully saturated rings. The van der Waals surface area contributed by atoms with Crippen LogP contribution in [0, 0.1) is 6.92 Å². The van der Waals surface area contributed by atoms with Gasteiger partial charge in [-0.2, -0.15) is 0 Å². The first-order valence-corrected chi connectivity index (χ1v) is 11.4. The predicted molar refractivity (Wildman–Crippen MR) is 133 cm³/mol. The Balaban J connectivity index is 1.85. The number of nitrogens with zero attached hydrogens (tertiary/aromatic N) is 1. The van der Waals surface area contributed by atoms with Gasteiger partial charge in [-0.1, -0.05) is 60.2 Å². The number of hydrogen-bond acceptors (Lipinski definition) is 4. The summed E-state index contributed by atoms with van der Waals surface area (Å²) in [5.41, 5.74) is 3.07. The van der Waals surface area contributed by atoms with Crippen molar-refractivity contribution >= 4 is 11.8 Å². The van der Waals surface area contributed by atoms with Crippen LogP contribution in [0.25, 0.3) is 0 Å². The Hall–Kier alpha value is -3.80. The number of aryl methyl sites for hydroxylation is 1. The third kappa shape index (κ3) is 7.10. The van der Waals surface area contributed by atoms with Crippen LogP contribution in [-0.2, 0) is 22.6 Å². The van der Waals surface area contributed by atoms with Crippen molar-refractivity contribution < 1.29 is 19.1 Å². The molecule has 0 heterocycles. The van der Waals surface area contributed by atoms with Gasteiger partial charge in [-0.25, -0.2) is 0 Å². The quantitative estimate of drug-likeness (QED) is 0.467. The summed E-state index contributed by atoms with van der Waals surface area (Å²) < 4.78 is 10.9. The standard InChI is InChI=1S/C28H32N2O4/c1-4-29-28(32)26(18-22-8-6-5-7-9-22)30(19-23-12-10-21(2)11-13-23)27(31)20-34-25-16-14-24(33-3)15-17-25/h5-17,26H,4,18-20H2,1-3H3,(H,29,32)/t26-/m1/s1. The van der Waals surface area contributed by atoms with Gasteiger partial charge in [-0.05, 0) is 49.2 Å². The fraction of sp³-hybridized carbons (Fsp3) is 0.286. The zero-order valence-electron chi connectivity index (χ0n) is 20.0. The molecule has 3 aromatic carbocycles. The highest BCUT2D eigenvalue weighted by atomic mass is 16.5. The van der Waals surface area contributed by atoms with Crippen LogP contribution in [0.5, 0.6) is 11.5 Å². The number of benzene rings is 3. The molecule has 0 saturated carbocycles. The molecular formula is C28H32N2O4. The number of hydrogen-bond donors (Lipinski definition) is 1. The van der Waals surface area contributed by atoms with Gasteiger partial charge in [-0.15, -0.1) is 0 Å². The number of rotatable bonds is 11. The highest BCUT2D eigenvalue weighted by molar-refractivity contribution is 5.88. The summed E-state index contributed by atoms with van der Waals surface area (Å²) in [6.07, 6.45) is 0.410. The second kappa shape index (κ2) is 12.4. The van der Waals surface area contributed by atoms with E-state index in [9.17, 15) is 9.59 Å². The van der Waals surface area contributed by atoms with E-state index in [0.29, 0.717) is 31.0 Å². The van der Waals surface area contributed by atoms with Crippen LogP contribution < -0.4 is 14.8 Å². The molecule has 6 nitrogen and oxygen atoms in total. The van der Waals surface area contributed by atoms with Crippen molar-refractivity contribution in [3.05, 3.63) is 95.6 Å². The Morgan fingerprint density at radius 3 is 2.15 bits per heavy atom. The molecule has 0 radical (unpaired) electrons. The van der Waals surface area contributed by atoms with E-state index in [1.54, 1.807) is 36.3 Å². The zero-order chi connectivity index (χ0) is 24.3. The first kappa shape index (κ1) is 24.8. The van der Waals surface area contributed by atoms with Gasteiger partial charge < -0.3 is 19.7 Å². The fourth-order valence-electron chi connectivity index (χ4n) is 3.64. The van der Waals surface area contributed by atoms with Crippen molar-refractivity contribution in [1.29, 1.82) is 0 Å². The molecule has 2 amide bonds. The van der Waals surface area contributed by atoms with E-state index < -0.39 is 6.04 Å².